The average Bonchev–Trinajstić information content (AvgIpc) is 3.15. The molecule has 0 unspecified atom stereocenters. The molecule has 4 rings (SSSR count). The summed E-state index contributed by atoms with van der Waals surface area (Å²) < 4.78 is 10.8. The standard InChI is InChI=1S/C23H18N2O3/c1-27-20-9-5-8-18(13-20)22-21(25-23(26)28-22)19-12-17(14-24-15-19)11-10-16-6-3-2-4-7-16/h2-9,12-15,21-22H,1H3,(H,25,26)/t21-,22-/m0/s1. The Morgan fingerprint density at radius 2 is 1.79 bits per heavy atom. The summed E-state index contributed by atoms with van der Waals surface area (Å²) in [4.78, 5) is 16.2. The van der Waals surface area contributed by atoms with Gasteiger partial charge in [0, 0.05) is 23.5 Å². The number of carbonyl (C=O) groups excluding carboxylic acids is 1. The zero-order valence-electron chi connectivity index (χ0n) is 15.3. The van der Waals surface area contributed by atoms with Crippen molar-refractivity contribution in [1.82, 2.24) is 10.3 Å². The average molecular weight is 370 g/mol. The number of hydrogen-bond donors (Lipinski definition) is 1. The van der Waals surface area contributed by atoms with Crippen molar-refractivity contribution in [3.05, 3.63) is 95.3 Å². The number of cyclic esters (lactones) is 1. The Labute approximate surface area is 163 Å². The number of hydrogen-bond acceptors (Lipinski definition) is 4. The predicted octanol–water partition coefficient (Wildman–Crippen LogP) is 4.01. The van der Waals surface area contributed by atoms with Gasteiger partial charge in [-0.05, 0) is 41.5 Å². The number of benzene rings is 2. The second-order valence-corrected chi connectivity index (χ2v) is 6.35. The maximum Gasteiger partial charge on any atom is 0.408 e. The molecule has 0 radical (unpaired) electrons. The van der Waals surface area contributed by atoms with Crippen LogP contribution in [0.15, 0.2) is 73.1 Å². The summed E-state index contributed by atoms with van der Waals surface area (Å²) in [5, 5.41) is 2.87. The summed E-state index contributed by atoms with van der Waals surface area (Å²) in [6, 6.07) is 18.8. The van der Waals surface area contributed by atoms with Crippen molar-refractivity contribution in [3.63, 3.8) is 0 Å². The SMILES string of the molecule is COc1cccc([C@@H]2OC(=O)N[C@H]2c2cncc(C#Cc3ccccc3)c2)c1. The molecule has 2 atom stereocenters. The van der Waals surface area contributed by atoms with Gasteiger partial charge in [-0.1, -0.05) is 42.2 Å². The third kappa shape index (κ3) is 3.81. The molecule has 3 aromatic rings. The van der Waals surface area contributed by atoms with Crippen molar-refractivity contribution in [2.45, 2.75) is 12.1 Å². The Morgan fingerprint density at radius 1 is 0.964 bits per heavy atom. The van der Waals surface area contributed by atoms with Crippen molar-refractivity contribution in [2.75, 3.05) is 7.11 Å². The first kappa shape index (κ1) is 17.6. The van der Waals surface area contributed by atoms with E-state index in [-0.39, 0.29) is 6.04 Å². The van der Waals surface area contributed by atoms with E-state index in [9.17, 15) is 4.79 Å². The van der Waals surface area contributed by atoms with Gasteiger partial charge in [0.2, 0.25) is 0 Å². The number of carbonyl (C=O) groups is 1. The van der Waals surface area contributed by atoms with Crippen molar-refractivity contribution >= 4 is 6.09 Å². The smallest absolute Gasteiger partial charge is 0.408 e. The fraction of sp³-hybridized carbons (Fsp3) is 0.130. The highest BCUT2D eigenvalue weighted by atomic mass is 16.6. The molecule has 2 heterocycles. The van der Waals surface area contributed by atoms with Gasteiger partial charge in [0.1, 0.15) is 11.8 Å². The normalized spacial score (nSPS) is 17.8. The molecule has 5 heteroatoms. The highest BCUT2D eigenvalue weighted by molar-refractivity contribution is 5.71. The Hall–Kier alpha value is -3.78. The summed E-state index contributed by atoms with van der Waals surface area (Å²) in [7, 11) is 1.61. The molecule has 5 nitrogen and oxygen atoms in total. The molecule has 1 aliphatic rings. The van der Waals surface area contributed by atoms with Crippen molar-refractivity contribution in [3.8, 4) is 17.6 Å². The first-order valence-corrected chi connectivity index (χ1v) is 8.86. The quantitative estimate of drug-likeness (QED) is 0.708. The lowest BCUT2D eigenvalue weighted by molar-refractivity contribution is 0.132. The maximum absolute atomic E-state index is 11.9. The number of rotatable bonds is 3. The van der Waals surface area contributed by atoms with Crippen LogP contribution in [-0.2, 0) is 4.74 Å². The number of pyridine rings is 1. The number of amides is 1. The third-order valence-corrected chi connectivity index (χ3v) is 4.48. The van der Waals surface area contributed by atoms with E-state index < -0.39 is 12.2 Å². The predicted molar refractivity (Wildman–Crippen MR) is 105 cm³/mol. The van der Waals surface area contributed by atoms with Gasteiger partial charge in [-0.25, -0.2) is 4.79 Å². The maximum atomic E-state index is 11.9. The van der Waals surface area contributed by atoms with Crippen LogP contribution in [0.4, 0.5) is 4.79 Å². The zero-order chi connectivity index (χ0) is 19.3. The number of nitrogens with one attached hydrogen (secondary N) is 1. The fourth-order valence-corrected chi connectivity index (χ4v) is 3.12. The summed E-state index contributed by atoms with van der Waals surface area (Å²) >= 11 is 0. The molecular formula is C23H18N2O3. The molecule has 0 aliphatic carbocycles. The second kappa shape index (κ2) is 7.85. The highest BCUT2D eigenvalue weighted by Crippen LogP contribution is 2.37. The van der Waals surface area contributed by atoms with Crippen LogP contribution in [0.25, 0.3) is 0 Å². The topological polar surface area (TPSA) is 60.5 Å². The van der Waals surface area contributed by atoms with Gasteiger partial charge in [0.15, 0.2) is 6.10 Å². The van der Waals surface area contributed by atoms with Gasteiger partial charge in [-0.15, -0.1) is 0 Å². The molecule has 1 N–H and O–H groups in total. The molecular weight excluding hydrogens is 352 g/mol. The van der Waals surface area contributed by atoms with Crippen LogP contribution < -0.4 is 10.1 Å². The number of methoxy groups -OCH3 is 1. The van der Waals surface area contributed by atoms with E-state index in [2.05, 4.69) is 22.1 Å². The first-order chi connectivity index (χ1) is 13.7. The zero-order valence-corrected chi connectivity index (χ0v) is 15.3. The molecule has 1 amide bonds. The lowest BCUT2D eigenvalue weighted by Gasteiger charge is -2.18. The van der Waals surface area contributed by atoms with E-state index in [1.807, 2.05) is 60.7 Å². The number of aromatic nitrogens is 1. The molecule has 0 saturated carbocycles. The molecule has 2 aromatic carbocycles. The van der Waals surface area contributed by atoms with Gasteiger partial charge in [0.25, 0.3) is 0 Å². The Kier molecular flexibility index (Phi) is 4.94. The minimum Gasteiger partial charge on any atom is -0.497 e. The summed E-state index contributed by atoms with van der Waals surface area (Å²) in [6.45, 7) is 0. The van der Waals surface area contributed by atoms with Crippen LogP contribution >= 0.6 is 0 Å². The first-order valence-electron chi connectivity index (χ1n) is 8.86. The highest BCUT2D eigenvalue weighted by Gasteiger charge is 2.36. The van der Waals surface area contributed by atoms with E-state index in [0.29, 0.717) is 5.75 Å². The van der Waals surface area contributed by atoms with E-state index >= 15 is 0 Å². The molecule has 0 bridgehead atoms. The minimum atomic E-state index is -0.471. The van der Waals surface area contributed by atoms with Crippen molar-refractivity contribution < 1.29 is 14.3 Å². The Morgan fingerprint density at radius 3 is 2.61 bits per heavy atom. The van der Waals surface area contributed by atoms with Gasteiger partial charge >= 0.3 is 6.09 Å². The molecule has 138 valence electrons. The fourth-order valence-electron chi connectivity index (χ4n) is 3.12. The summed E-state index contributed by atoms with van der Waals surface area (Å²) in [6.07, 6.45) is 2.50. The van der Waals surface area contributed by atoms with E-state index in [0.717, 1.165) is 22.3 Å². The van der Waals surface area contributed by atoms with Gasteiger partial charge in [0.05, 0.1) is 7.11 Å². The van der Waals surface area contributed by atoms with E-state index in [1.54, 1.807) is 19.5 Å². The monoisotopic (exact) mass is 370 g/mol. The van der Waals surface area contributed by atoms with Gasteiger partial charge in [-0.3, -0.25) is 4.98 Å². The molecule has 1 saturated heterocycles. The largest absolute Gasteiger partial charge is 0.497 e. The summed E-state index contributed by atoms with van der Waals surface area (Å²) in [5.74, 6) is 6.95. The lowest BCUT2D eigenvalue weighted by Crippen LogP contribution is -2.19. The van der Waals surface area contributed by atoms with Crippen LogP contribution in [0.3, 0.4) is 0 Å². The molecule has 1 aromatic heterocycles. The van der Waals surface area contributed by atoms with Crippen molar-refractivity contribution in [1.29, 1.82) is 0 Å². The third-order valence-electron chi connectivity index (χ3n) is 4.48. The molecule has 28 heavy (non-hydrogen) atoms. The van der Waals surface area contributed by atoms with Crippen LogP contribution in [-0.4, -0.2) is 18.2 Å². The second-order valence-electron chi connectivity index (χ2n) is 6.35. The minimum absolute atomic E-state index is 0.356. The summed E-state index contributed by atoms with van der Waals surface area (Å²) in [5.41, 5.74) is 3.38. The van der Waals surface area contributed by atoms with Gasteiger partial charge < -0.3 is 14.8 Å². The number of nitrogens with zero attached hydrogens (tertiary/aromatic N) is 1. The Bertz CT molecular complexity index is 1050. The molecule has 0 spiro atoms. The molecule has 1 fully saturated rings. The molecule has 1 aliphatic heterocycles. The van der Waals surface area contributed by atoms with Gasteiger partial charge in [-0.2, -0.15) is 0 Å². The van der Waals surface area contributed by atoms with Crippen molar-refractivity contribution in [2.24, 2.45) is 0 Å². The Balaban J connectivity index is 1.64. The van der Waals surface area contributed by atoms with Crippen LogP contribution in [0.1, 0.15) is 34.4 Å². The van der Waals surface area contributed by atoms with Crippen LogP contribution in [0, 0.1) is 11.8 Å². The van der Waals surface area contributed by atoms with E-state index in [1.165, 1.54) is 0 Å². The number of alkyl carbamates (subject to hydrolysis) is 1. The lowest BCUT2D eigenvalue weighted by atomic mass is 9.96. The van der Waals surface area contributed by atoms with Crippen LogP contribution in [0.5, 0.6) is 5.75 Å². The van der Waals surface area contributed by atoms with E-state index in [4.69, 9.17) is 9.47 Å². The number of ether oxygens (including phenoxy) is 2. The van der Waals surface area contributed by atoms with Crippen LogP contribution in [0.2, 0.25) is 0 Å².